The zero-order chi connectivity index (χ0) is 14.3. The number of rotatable bonds is 3. The lowest BCUT2D eigenvalue weighted by Crippen LogP contribution is -2.50. The van der Waals surface area contributed by atoms with Gasteiger partial charge in [-0.25, -0.2) is 13.1 Å². The first-order valence-electron chi connectivity index (χ1n) is 6.46. The van der Waals surface area contributed by atoms with Crippen molar-refractivity contribution in [3.05, 3.63) is 29.8 Å². The average Bonchev–Trinajstić information content (AvgIpc) is 2.80. The van der Waals surface area contributed by atoms with Crippen LogP contribution in [-0.4, -0.2) is 37.4 Å². The van der Waals surface area contributed by atoms with Crippen LogP contribution in [0.3, 0.4) is 0 Å². The van der Waals surface area contributed by atoms with E-state index < -0.39 is 10.0 Å². The molecular weight excluding hydrogens is 393 g/mol. The van der Waals surface area contributed by atoms with Gasteiger partial charge in [-0.1, -0.05) is 40.3 Å². The van der Waals surface area contributed by atoms with Gasteiger partial charge in [0, 0.05) is 6.04 Å². The van der Waals surface area contributed by atoms with Crippen molar-refractivity contribution < 1.29 is 17.9 Å². The van der Waals surface area contributed by atoms with Crippen LogP contribution < -0.4 is 4.72 Å². The summed E-state index contributed by atoms with van der Waals surface area (Å²) in [5.74, 6) is 0. The van der Waals surface area contributed by atoms with Gasteiger partial charge >= 0.3 is 0 Å². The van der Waals surface area contributed by atoms with Crippen LogP contribution >= 0.6 is 22.6 Å². The second-order valence-corrected chi connectivity index (χ2v) is 8.33. The topological polar surface area (TPSA) is 64.6 Å². The van der Waals surface area contributed by atoms with Crippen molar-refractivity contribution in [3.63, 3.8) is 0 Å². The van der Waals surface area contributed by atoms with Crippen LogP contribution in [0, 0.1) is 6.92 Å². The number of halogens is 1. The number of hydrogen-bond acceptors (Lipinski definition) is 4. The number of aryl methyl sites for hydroxylation is 1. The molecule has 0 saturated carbocycles. The molecule has 2 saturated heterocycles. The van der Waals surface area contributed by atoms with Crippen LogP contribution in [0.25, 0.3) is 0 Å². The molecule has 1 N–H and O–H groups in total. The van der Waals surface area contributed by atoms with Crippen LogP contribution in [0.5, 0.6) is 0 Å². The quantitative estimate of drug-likeness (QED) is 0.609. The fraction of sp³-hybridized carbons (Fsp3) is 0.538. The maximum absolute atomic E-state index is 12.4. The molecule has 4 atom stereocenters. The molecule has 2 aliphatic heterocycles. The molecule has 0 aliphatic carbocycles. The van der Waals surface area contributed by atoms with E-state index in [-0.39, 0.29) is 22.4 Å². The molecule has 2 bridgehead atoms. The summed E-state index contributed by atoms with van der Waals surface area (Å²) >= 11 is 2.20. The lowest BCUT2D eigenvalue weighted by atomic mass is 10.1. The van der Waals surface area contributed by atoms with E-state index in [2.05, 4.69) is 27.3 Å². The van der Waals surface area contributed by atoms with Crippen LogP contribution in [0.2, 0.25) is 0 Å². The highest BCUT2D eigenvalue weighted by Crippen LogP contribution is 2.33. The van der Waals surface area contributed by atoms with E-state index in [0.717, 1.165) is 5.56 Å². The molecule has 0 unspecified atom stereocenters. The summed E-state index contributed by atoms with van der Waals surface area (Å²) < 4.78 is 38.7. The fourth-order valence-electron chi connectivity index (χ4n) is 2.46. The Hall–Kier alpha value is -0.220. The predicted molar refractivity (Wildman–Crippen MR) is 82.3 cm³/mol. The molecule has 0 spiro atoms. The second-order valence-electron chi connectivity index (χ2n) is 5.18. The van der Waals surface area contributed by atoms with Gasteiger partial charge in [-0.05, 0) is 25.5 Å². The van der Waals surface area contributed by atoms with Crippen LogP contribution in [0.1, 0.15) is 12.0 Å². The molecule has 0 aromatic heterocycles. The van der Waals surface area contributed by atoms with Gasteiger partial charge in [-0.3, -0.25) is 0 Å². The van der Waals surface area contributed by atoms with E-state index in [1.807, 2.05) is 6.92 Å². The molecule has 110 valence electrons. The summed E-state index contributed by atoms with van der Waals surface area (Å²) in [6.45, 7) is 2.48. The lowest BCUT2D eigenvalue weighted by molar-refractivity contribution is -0.0791. The van der Waals surface area contributed by atoms with Crippen molar-refractivity contribution in [3.8, 4) is 0 Å². The predicted octanol–water partition coefficient (Wildman–Crippen LogP) is 1.59. The van der Waals surface area contributed by atoms with Crippen molar-refractivity contribution in [2.45, 2.75) is 40.6 Å². The van der Waals surface area contributed by atoms with Gasteiger partial charge < -0.3 is 9.47 Å². The Morgan fingerprint density at radius 3 is 2.70 bits per heavy atom. The number of alkyl halides is 1. The van der Waals surface area contributed by atoms with Gasteiger partial charge in [-0.2, -0.15) is 0 Å². The summed E-state index contributed by atoms with van der Waals surface area (Å²) in [7, 11) is -3.49. The van der Waals surface area contributed by atoms with E-state index >= 15 is 0 Å². The van der Waals surface area contributed by atoms with Crippen molar-refractivity contribution in [2.24, 2.45) is 0 Å². The highest BCUT2D eigenvalue weighted by Gasteiger charge is 2.44. The monoisotopic (exact) mass is 409 g/mol. The standard InChI is InChI=1S/C13H16INO4S/c1-8-2-4-10(5-3-8)20(16,17)15-11-6-9-7-18-13(19-9)12(11)14/h2-5,9,11-13,15H,6-7H2,1H3/t9-,11-,12+,13+/m0/s1. The largest absolute Gasteiger partial charge is 0.349 e. The lowest BCUT2D eigenvalue weighted by Gasteiger charge is -2.31. The number of nitrogens with one attached hydrogen (secondary N) is 1. The minimum absolute atomic E-state index is 0.00302. The van der Waals surface area contributed by atoms with Gasteiger partial charge in [0.25, 0.3) is 0 Å². The third kappa shape index (κ3) is 2.87. The van der Waals surface area contributed by atoms with E-state index in [4.69, 9.17) is 9.47 Å². The first-order valence-corrected chi connectivity index (χ1v) is 9.19. The Bertz CT molecular complexity index is 589. The fourth-order valence-corrected chi connectivity index (χ4v) is 4.83. The van der Waals surface area contributed by atoms with Crippen molar-refractivity contribution in [1.82, 2.24) is 4.72 Å². The van der Waals surface area contributed by atoms with E-state index in [1.54, 1.807) is 24.3 Å². The minimum Gasteiger partial charge on any atom is -0.349 e. The average molecular weight is 409 g/mol. The molecule has 5 nitrogen and oxygen atoms in total. The third-order valence-electron chi connectivity index (χ3n) is 3.57. The molecule has 3 rings (SSSR count). The Morgan fingerprint density at radius 1 is 1.30 bits per heavy atom. The Balaban J connectivity index is 1.78. The zero-order valence-corrected chi connectivity index (χ0v) is 13.9. The summed E-state index contributed by atoms with van der Waals surface area (Å²) in [4.78, 5) is 0.298. The summed E-state index contributed by atoms with van der Waals surface area (Å²) in [6.07, 6.45) is 0.339. The summed E-state index contributed by atoms with van der Waals surface area (Å²) in [5.41, 5.74) is 1.04. The number of sulfonamides is 1. The third-order valence-corrected chi connectivity index (χ3v) is 6.53. The van der Waals surface area contributed by atoms with Gasteiger partial charge in [0.15, 0.2) is 6.29 Å². The molecule has 2 fully saturated rings. The van der Waals surface area contributed by atoms with Crippen molar-refractivity contribution in [1.29, 1.82) is 0 Å². The molecule has 0 amide bonds. The molecule has 2 heterocycles. The highest BCUT2D eigenvalue weighted by molar-refractivity contribution is 14.1. The zero-order valence-electron chi connectivity index (χ0n) is 11.0. The van der Waals surface area contributed by atoms with E-state index in [9.17, 15) is 8.42 Å². The van der Waals surface area contributed by atoms with E-state index in [1.165, 1.54) is 0 Å². The van der Waals surface area contributed by atoms with Gasteiger partial charge in [-0.15, -0.1) is 0 Å². The van der Waals surface area contributed by atoms with Crippen LogP contribution in [0.15, 0.2) is 29.2 Å². The summed E-state index contributed by atoms with van der Waals surface area (Å²) in [5, 5.41) is 0. The van der Waals surface area contributed by atoms with Gasteiger partial charge in [0.2, 0.25) is 10.0 Å². The molecule has 20 heavy (non-hydrogen) atoms. The Labute approximate surface area is 132 Å². The number of ether oxygens (including phenoxy) is 2. The maximum atomic E-state index is 12.4. The van der Waals surface area contributed by atoms with Crippen molar-refractivity contribution in [2.75, 3.05) is 6.61 Å². The van der Waals surface area contributed by atoms with Crippen molar-refractivity contribution >= 4 is 32.6 Å². The van der Waals surface area contributed by atoms with Gasteiger partial charge in [0.05, 0.1) is 21.5 Å². The second kappa shape index (κ2) is 5.53. The Morgan fingerprint density at radius 2 is 2.00 bits per heavy atom. The minimum atomic E-state index is -3.49. The Kier molecular flexibility index (Phi) is 4.06. The molecule has 2 aliphatic rings. The molecule has 1 aromatic rings. The molecule has 0 radical (unpaired) electrons. The molecule has 7 heteroatoms. The number of benzene rings is 1. The summed E-state index contributed by atoms with van der Waals surface area (Å²) in [6, 6.07) is 6.70. The van der Waals surface area contributed by atoms with Gasteiger partial charge in [0.1, 0.15) is 0 Å². The molecular formula is C13H16INO4S. The SMILES string of the molecule is Cc1ccc(S(=O)(=O)N[C@H]2C[C@H]3CO[C@H](O3)[C@@H]2I)cc1. The number of hydrogen-bond donors (Lipinski definition) is 1. The van der Waals surface area contributed by atoms with Crippen LogP contribution in [-0.2, 0) is 19.5 Å². The molecule has 1 aromatic carbocycles. The number of fused-ring (bicyclic) bond motifs is 2. The normalized spacial score (nSPS) is 33.3. The van der Waals surface area contributed by atoms with E-state index in [0.29, 0.717) is 17.9 Å². The first-order chi connectivity index (χ1) is 9.45. The maximum Gasteiger partial charge on any atom is 0.240 e. The first kappa shape index (κ1) is 14.7. The smallest absolute Gasteiger partial charge is 0.240 e. The highest BCUT2D eigenvalue weighted by atomic mass is 127. The van der Waals surface area contributed by atoms with Crippen LogP contribution in [0.4, 0.5) is 0 Å².